The summed E-state index contributed by atoms with van der Waals surface area (Å²) in [5, 5.41) is 0. The summed E-state index contributed by atoms with van der Waals surface area (Å²) in [4.78, 5) is 16.9. The minimum absolute atomic E-state index is 0.354. The van der Waals surface area contributed by atoms with E-state index in [-0.39, 0.29) is 0 Å². The molecule has 0 aromatic carbocycles. The van der Waals surface area contributed by atoms with Crippen LogP contribution in [-0.4, -0.2) is 35.8 Å². The minimum Gasteiger partial charge on any atom is -0.449 e. The first-order chi connectivity index (χ1) is 7.38. The van der Waals surface area contributed by atoms with Crippen LogP contribution in [0.2, 0.25) is 0 Å². The van der Waals surface area contributed by atoms with Crippen LogP contribution in [0.4, 0.5) is 0 Å². The molecular weight excluding hydrogens is 192 g/mol. The van der Waals surface area contributed by atoms with Gasteiger partial charge in [-0.15, -0.1) is 0 Å². The van der Waals surface area contributed by atoms with Crippen molar-refractivity contribution in [2.45, 2.75) is 25.7 Å². The zero-order chi connectivity index (χ0) is 10.5. The molecule has 2 rings (SSSR count). The van der Waals surface area contributed by atoms with E-state index in [1.54, 1.807) is 6.26 Å². The molecule has 4 heteroatoms. The smallest absolute Gasteiger partial charge is 0.195 e. The van der Waals surface area contributed by atoms with E-state index in [1.165, 1.54) is 25.9 Å². The van der Waals surface area contributed by atoms with Crippen LogP contribution in [0.25, 0.3) is 0 Å². The summed E-state index contributed by atoms with van der Waals surface area (Å²) < 4.78 is 5.28. The number of hydrogen-bond donors (Lipinski definition) is 0. The fraction of sp³-hybridized carbons (Fsp3) is 0.636. The second-order valence-electron chi connectivity index (χ2n) is 3.90. The zero-order valence-corrected chi connectivity index (χ0v) is 8.82. The number of hydrogen-bond acceptors (Lipinski definition) is 4. The van der Waals surface area contributed by atoms with E-state index < -0.39 is 0 Å². The number of carbonyl (C=O) groups is 1. The molecule has 4 nitrogen and oxygen atoms in total. The molecule has 1 aliphatic rings. The first-order valence-corrected chi connectivity index (χ1v) is 5.48. The van der Waals surface area contributed by atoms with Crippen molar-refractivity contribution in [3.63, 3.8) is 0 Å². The van der Waals surface area contributed by atoms with Gasteiger partial charge in [0.1, 0.15) is 12.5 Å². The Morgan fingerprint density at radius 1 is 1.47 bits per heavy atom. The van der Waals surface area contributed by atoms with E-state index in [9.17, 15) is 4.79 Å². The van der Waals surface area contributed by atoms with Crippen molar-refractivity contribution in [1.29, 1.82) is 0 Å². The lowest BCUT2D eigenvalue weighted by Gasteiger charge is -2.12. The molecule has 0 N–H and O–H groups in total. The summed E-state index contributed by atoms with van der Waals surface area (Å²) in [5.74, 6) is 0.749. The molecule has 1 saturated heterocycles. The first-order valence-electron chi connectivity index (χ1n) is 5.48. The lowest BCUT2D eigenvalue weighted by molar-refractivity contribution is -0.107. The van der Waals surface area contributed by atoms with Crippen LogP contribution in [0.15, 0.2) is 10.7 Å². The SMILES string of the molecule is O=CCc1coc(CCN2CCCC2)n1. The van der Waals surface area contributed by atoms with E-state index in [2.05, 4.69) is 9.88 Å². The molecule has 0 aliphatic carbocycles. The van der Waals surface area contributed by atoms with Crippen LogP contribution in [0, 0.1) is 0 Å². The lowest BCUT2D eigenvalue weighted by Crippen LogP contribution is -2.22. The maximum absolute atomic E-state index is 10.3. The van der Waals surface area contributed by atoms with Gasteiger partial charge in [0.15, 0.2) is 5.89 Å². The Balaban J connectivity index is 1.79. The Morgan fingerprint density at radius 2 is 2.27 bits per heavy atom. The van der Waals surface area contributed by atoms with Crippen LogP contribution >= 0.6 is 0 Å². The molecule has 0 bridgehead atoms. The van der Waals surface area contributed by atoms with E-state index in [0.717, 1.165) is 30.8 Å². The summed E-state index contributed by atoms with van der Waals surface area (Å²) in [5.41, 5.74) is 0.737. The maximum atomic E-state index is 10.3. The van der Waals surface area contributed by atoms with Crippen molar-refractivity contribution in [2.24, 2.45) is 0 Å². The topological polar surface area (TPSA) is 46.3 Å². The number of likely N-dealkylation sites (tertiary alicyclic amines) is 1. The summed E-state index contributed by atoms with van der Waals surface area (Å²) in [6, 6.07) is 0. The fourth-order valence-corrected chi connectivity index (χ4v) is 1.90. The van der Waals surface area contributed by atoms with Gasteiger partial charge < -0.3 is 14.1 Å². The number of aromatic nitrogens is 1. The molecular formula is C11H16N2O2. The highest BCUT2D eigenvalue weighted by molar-refractivity contribution is 5.53. The van der Waals surface area contributed by atoms with Crippen LogP contribution in [-0.2, 0) is 17.6 Å². The first kappa shape index (κ1) is 10.4. The Bertz CT molecular complexity index is 316. The minimum atomic E-state index is 0.354. The molecule has 1 aliphatic heterocycles. The molecule has 1 aromatic rings. The second-order valence-corrected chi connectivity index (χ2v) is 3.90. The number of aldehydes is 1. The van der Waals surface area contributed by atoms with E-state index in [1.807, 2.05) is 0 Å². The predicted molar refractivity (Wildman–Crippen MR) is 55.6 cm³/mol. The average Bonchev–Trinajstić information content (AvgIpc) is 2.85. The highest BCUT2D eigenvalue weighted by atomic mass is 16.3. The summed E-state index contributed by atoms with van der Waals surface area (Å²) in [7, 11) is 0. The van der Waals surface area contributed by atoms with Crippen molar-refractivity contribution in [3.05, 3.63) is 17.8 Å². The Labute approximate surface area is 89.3 Å². The fourth-order valence-electron chi connectivity index (χ4n) is 1.90. The van der Waals surface area contributed by atoms with Gasteiger partial charge >= 0.3 is 0 Å². The molecule has 0 unspecified atom stereocenters. The molecule has 1 fully saturated rings. The van der Waals surface area contributed by atoms with Gasteiger partial charge in [-0.2, -0.15) is 0 Å². The van der Waals surface area contributed by atoms with Gasteiger partial charge in [-0.25, -0.2) is 4.98 Å². The normalized spacial score (nSPS) is 17.1. The van der Waals surface area contributed by atoms with Crippen LogP contribution in [0.1, 0.15) is 24.4 Å². The highest BCUT2D eigenvalue weighted by Crippen LogP contribution is 2.09. The summed E-state index contributed by atoms with van der Waals surface area (Å²) in [6.45, 7) is 3.41. The van der Waals surface area contributed by atoms with Gasteiger partial charge in [0.05, 0.1) is 5.69 Å². The monoisotopic (exact) mass is 208 g/mol. The molecule has 82 valence electrons. The molecule has 0 saturated carbocycles. The van der Waals surface area contributed by atoms with Crippen molar-refractivity contribution in [2.75, 3.05) is 19.6 Å². The Hall–Kier alpha value is -1.16. The molecule has 15 heavy (non-hydrogen) atoms. The van der Waals surface area contributed by atoms with Gasteiger partial charge in [0.2, 0.25) is 0 Å². The molecule has 0 amide bonds. The quantitative estimate of drug-likeness (QED) is 0.679. The van der Waals surface area contributed by atoms with Crippen LogP contribution in [0.5, 0.6) is 0 Å². The Kier molecular flexibility index (Phi) is 3.50. The van der Waals surface area contributed by atoms with Crippen LogP contribution < -0.4 is 0 Å². The number of oxazole rings is 1. The summed E-state index contributed by atoms with van der Waals surface area (Å²) >= 11 is 0. The van der Waals surface area contributed by atoms with E-state index in [4.69, 9.17) is 4.42 Å². The Morgan fingerprint density at radius 3 is 3.00 bits per heavy atom. The third-order valence-corrected chi connectivity index (χ3v) is 2.73. The lowest BCUT2D eigenvalue weighted by atomic mass is 10.3. The second kappa shape index (κ2) is 5.07. The van der Waals surface area contributed by atoms with Crippen molar-refractivity contribution in [1.82, 2.24) is 9.88 Å². The largest absolute Gasteiger partial charge is 0.449 e. The van der Waals surface area contributed by atoms with Crippen molar-refractivity contribution >= 4 is 6.29 Å². The molecule has 2 heterocycles. The average molecular weight is 208 g/mol. The highest BCUT2D eigenvalue weighted by Gasteiger charge is 2.12. The van der Waals surface area contributed by atoms with Gasteiger partial charge in [0, 0.05) is 19.4 Å². The predicted octanol–water partition coefficient (Wildman–Crippen LogP) is 1.05. The van der Waals surface area contributed by atoms with Gasteiger partial charge in [-0.05, 0) is 25.9 Å². The zero-order valence-electron chi connectivity index (χ0n) is 8.82. The van der Waals surface area contributed by atoms with E-state index >= 15 is 0 Å². The van der Waals surface area contributed by atoms with Gasteiger partial charge in [0.25, 0.3) is 0 Å². The third-order valence-electron chi connectivity index (χ3n) is 2.73. The number of nitrogens with zero attached hydrogens (tertiary/aromatic N) is 2. The number of rotatable bonds is 5. The van der Waals surface area contributed by atoms with Crippen molar-refractivity contribution in [3.8, 4) is 0 Å². The summed E-state index contributed by atoms with van der Waals surface area (Å²) in [6.07, 6.45) is 6.24. The standard InChI is InChI=1S/C11H16N2O2/c14-8-4-10-9-15-11(12-10)3-7-13-5-1-2-6-13/h8-9H,1-7H2. The number of carbonyl (C=O) groups excluding carboxylic acids is 1. The third kappa shape index (κ3) is 2.89. The van der Waals surface area contributed by atoms with Gasteiger partial charge in [-0.3, -0.25) is 0 Å². The maximum Gasteiger partial charge on any atom is 0.195 e. The van der Waals surface area contributed by atoms with E-state index in [0.29, 0.717) is 6.42 Å². The van der Waals surface area contributed by atoms with Crippen LogP contribution in [0.3, 0.4) is 0 Å². The molecule has 0 spiro atoms. The van der Waals surface area contributed by atoms with Crippen molar-refractivity contribution < 1.29 is 9.21 Å². The van der Waals surface area contributed by atoms with Gasteiger partial charge in [-0.1, -0.05) is 0 Å². The molecule has 0 atom stereocenters. The molecule has 0 radical (unpaired) electrons. The molecule has 1 aromatic heterocycles.